The molecule has 0 saturated carbocycles. The predicted octanol–water partition coefficient (Wildman–Crippen LogP) is 4.42. The largest absolute Gasteiger partial charge is 0.507 e. The van der Waals surface area contributed by atoms with Crippen molar-refractivity contribution in [1.29, 1.82) is 0 Å². The summed E-state index contributed by atoms with van der Waals surface area (Å²) in [5.74, 6) is 0.943. The Bertz CT molecular complexity index is 976. The van der Waals surface area contributed by atoms with E-state index in [0.717, 1.165) is 5.56 Å². The summed E-state index contributed by atoms with van der Waals surface area (Å²) >= 11 is 0. The zero-order chi connectivity index (χ0) is 22.1. The van der Waals surface area contributed by atoms with Crippen molar-refractivity contribution in [3.05, 3.63) is 71.8 Å². The Morgan fingerprint density at radius 3 is 1.97 bits per heavy atom. The van der Waals surface area contributed by atoms with Crippen LogP contribution >= 0.6 is 0 Å². The van der Waals surface area contributed by atoms with Crippen LogP contribution in [0.4, 0.5) is 0 Å². The molecule has 162 valence electrons. The first-order chi connectivity index (χ1) is 15.2. The molecule has 0 fully saturated rings. The molecule has 0 amide bonds. The van der Waals surface area contributed by atoms with E-state index >= 15 is 0 Å². The highest BCUT2D eigenvalue weighted by atomic mass is 16.7. The Kier molecular flexibility index (Phi) is 7.86. The van der Waals surface area contributed by atoms with E-state index < -0.39 is 0 Å². The lowest BCUT2D eigenvalue weighted by atomic mass is 9.96. The number of methoxy groups -OCH3 is 2. The van der Waals surface area contributed by atoms with Gasteiger partial charge in [-0.25, -0.2) is 0 Å². The Balaban J connectivity index is 2.09. The van der Waals surface area contributed by atoms with E-state index in [2.05, 4.69) is 0 Å². The zero-order valence-electron chi connectivity index (χ0n) is 17.4. The maximum absolute atomic E-state index is 12.1. The van der Waals surface area contributed by atoms with Crippen molar-refractivity contribution in [1.82, 2.24) is 0 Å². The lowest BCUT2D eigenvalue weighted by Gasteiger charge is -2.19. The van der Waals surface area contributed by atoms with Crippen LogP contribution in [0.1, 0.15) is 15.9 Å². The molecule has 7 heteroatoms. The highest BCUT2D eigenvalue weighted by Crippen LogP contribution is 2.46. The topological polar surface area (TPSA) is 83.5 Å². The van der Waals surface area contributed by atoms with Crippen LogP contribution in [0.25, 0.3) is 11.1 Å². The summed E-state index contributed by atoms with van der Waals surface area (Å²) in [4.78, 5) is 12.1. The standard InChI is InChI=1S/C24H24O7/c1-27-15-30-21-9-6-10-22(31-16-28-2)24(21)23-18(13-25)20(12-11-19(23)26)29-14-17-7-4-3-5-8-17/h3-13,26H,14-16H2,1-2H3. The summed E-state index contributed by atoms with van der Waals surface area (Å²) in [6.07, 6.45) is 0.641. The Labute approximate surface area is 180 Å². The maximum atomic E-state index is 12.1. The first kappa shape index (κ1) is 22.1. The summed E-state index contributed by atoms with van der Waals surface area (Å²) in [5.41, 5.74) is 1.74. The minimum Gasteiger partial charge on any atom is -0.507 e. The number of phenolic OH excluding ortho intramolecular Hbond substituents is 1. The second-order valence-corrected chi connectivity index (χ2v) is 6.49. The fourth-order valence-corrected chi connectivity index (χ4v) is 3.07. The summed E-state index contributed by atoms with van der Waals surface area (Å²) in [5, 5.41) is 10.7. The van der Waals surface area contributed by atoms with Gasteiger partial charge in [0.1, 0.15) is 29.6 Å². The van der Waals surface area contributed by atoms with E-state index in [1.165, 1.54) is 20.3 Å². The zero-order valence-corrected chi connectivity index (χ0v) is 17.4. The van der Waals surface area contributed by atoms with E-state index in [-0.39, 0.29) is 37.1 Å². The van der Waals surface area contributed by atoms with Crippen LogP contribution in [0, 0.1) is 0 Å². The van der Waals surface area contributed by atoms with Crippen molar-refractivity contribution < 1.29 is 33.6 Å². The molecule has 0 spiro atoms. The van der Waals surface area contributed by atoms with E-state index in [1.807, 2.05) is 30.3 Å². The van der Waals surface area contributed by atoms with Gasteiger partial charge in [0.15, 0.2) is 19.9 Å². The third-order valence-corrected chi connectivity index (χ3v) is 4.44. The summed E-state index contributed by atoms with van der Waals surface area (Å²) in [6, 6.07) is 17.7. The number of carbonyl (C=O) groups is 1. The highest BCUT2D eigenvalue weighted by molar-refractivity contribution is 5.97. The average Bonchev–Trinajstić information content (AvgIpc) is 2.81. The summed E-state index contributed by atoms with van der Waals surface area (Å²) in [7, 11) is 2.99. The SMILES string of the molecule is COCOc1cccc(OCOC)c1-c1c(O)ccc(OCc2ccccc2)c1C=O. The Hall–Kier alpha value is -3.55. The number of hydrogen-bond donors (Lipinski definition) is 1. The molecular formula is C24H24O7. The second-order valence-electron chi connectivity index (χ2n) is 6.49. The van der Waals surface area contributed by atoms with Gasteiger partial charge in [-0.05, 0) is 29.8 Å². The first-order valence-electron chi connectivity index (χ1n) is 9.54. The number of aromatic hydroxyl groups is 1. The fraction of sp³-hybridized carbons (Fsp3) is 0.208. The molecule has 0 aliphatic heterocycles. The molecule has 3 aromatic rings. The van der Waals surface area contributed by atoms with Crippen molar-refractivity contribution in [2.45, 2.75) is 6.61 Å². The number of carbonyl (C=O) groups excluding carboxylic acids is 1. The quantitative estimate of drug-likeness (QED) is 0.360. The average molecular weight is 424 g/mol. The number of benzene rings is 3. The third-order valence-electron chi connectivity index (χ3n) is 4.44. The molecule has 0 unspecified atom stereocenters. The molecule has 0 aliphatic carbocycles. The van der Waals surface area contributed by atoms with Gasteiger partial charge >= 0.3 is 0 Å². The number of hydrogen-bond acceptors (Lipinski definition) is 7. The number of aldehydes is 1. The van der Waals surface area contributed by atoms with Crippen LogP contribution in [-0.4, -0.2) is 39.2 Å². The third kappa shape index (κ3) is 5.33. The molecule has 0 aromatic heterocycles. The van der Waals surface area contributed by atoms with E-state index in [1.54, 1.807) is 24.3 Å². The minimum absolute atomic E-state index is 0.0257. The summed E-state index contributed by atoms with van der Waals surface area (Å²) < 4.78 is 27.3. The van der Waals surface area contributed by atoms with Crippen LogP contribution < -0.4 is 14.2 Å². The van der Waals surface area contributed by atoms with E-state index in [4.69, 9.17) is 23.7 Å². The Morgan fingerprint density at radius 1 is 0.742 bits per heavy atom. The molecule has 7 nitrogen and oxygen atoms in total. The molecule has 0 bridgehead atoms. The molecule has 0 saturated heterocycles. The smallest absolute Gasteiger partial charge is 0.188 e. The molecule has 0 aliphatic rings. The van der Waals surface area contributed by atoms with Gasteiger partial charge in [-0.3, -0.25) is 4.79 Å². The van der Waals surface area contributed by atoms with Crippen molar-refractivity contribution in [2.75, 3.05) is 27.8 Å². The van der Waals surface area contributed by atoms with Gasteiger partial charge in [0.05, 0.1) is 11.1 Å². The van der Waals surface area contributed by atoms with Gasteiger partial charge < -0.3 is 28.8 Å². The number of phenols is 1. The predicted molar refractivity (Wildman–Crippen MR) is 115 cm³/mol. The van der Waals surface area contributed by atoms with Gasteiger partial charge in [0, 0.05) is 19.8 Å². The van der Waals surface area contributed by atoms with Crippen molar-refractivity contribution in [3.8, 4) is 34.1 Å². The highest BCUT2D eigenvalue weighted by Gasteiger charge is 2.23. The van der Waals surface area contributed by atoms with Gasteiger partial charge in [-0.1, -0.05) is 36.4 Å². The van der Waals surface area contributed by atoms with Gasteiger partial charge in [0.2, 0.25) is 0 Å². The van der Waals surface area contributed by atoms with Crippen LogP contribution in [0.2, 0.25) is 0 Å². The molecule has 0 radical (unpaired) electrons. The van der Waals surface area contributed by atoms with Crippen LogP contribution in [-0.2, 0) is 16.1 Å². The van der Waals surface area contributed by atoms with E-state index in [0.29, 0.717) is 29.1 Å². The monoisotopic (exact) mass is 424 g/mol. The molecule has 1 N–H and O–H groups in total. The van der Waals surface area contributed by atoms with Gasteiger partial charge in [0.25, 0.3) is 0 Å². The van der Waals surface area contributed by atoms with Crippen LogP contribution in [0.5, 0.6) is 23.0 Å². The molecular weight excluding hydrogens is 400 g/mol. The van der Waals surface area contributed by atoms with Gasteiger partial charge in [-0.2, -0.15) is 0 Å². The van der Waals surface area contributed by atoms with E-state index in [9.17, 15) is 9.90 Å². The number of rotatable bonds is 11. The van der Waals surface area contributed by atoms with Crippen molar-refractivity contribution >= 4 is 6.29 Å². The maximum Gasteiger partial charge on any atom is 0.188 e. The van der Waals surface area contributed by atoms with Crippen LogP contribution in [0.3, 0.4) is 0 Å². The lowest BCUT2D eigenvalue weighted by Crippen LogP contribution is -2.06. The molecule has 0 atom stereocenters. The Morgan fingerprint density at radius 2 is 1.39 bits per heavy atom. The minimum atomic E-state index is -0.120. The molecule has 3 aromatic carbocycles. The first-order valence-corrected chi connectivity index (χ1v) is 9.54. The normalized spacial score (nSPS) is 10.5. The molecule has 0 heterocycles. The van der Waals surface area contributed by atoms with Crippen molar-refractivity contribution in [2.24, 2.45) is 0 Å². The van der Waals surface area contributed by atoms with Gasteiger partial charge in [-0.15, -0.1) is 0 Å². The fourth-order valence-electron chi connectivity index (χ4n) is 3.07. The number of ether oxygens (including phenoxy) is 5. The van der Waals surface area contributed by atoms with Crippen LogP contribution in [0.15, 0.2) is 60.7 Å². The summed E-state index contributed by atoms with van der Waals surface area (Å²) in [6.45, 7) is 0.213. The molecule has 31 heavy (non-hydrogen) atoms. The second kappa shape index (κ2) is 11.0. The lowest BCUT2D eigenvalue weighted by molar-refractivity contribution is 0.0468. The molecule has 3 rings (SSSR count). The van der Waals surface area contributed by atoms with Crippen molar-refractivity contribution in [3.63, 3.8) is 0 Å².